The van der Waals surface area contributed by atoms with Gasteiger partial charge in [0.2, 0.25) is 0 Å². The predicted octanol–water partition coefficient (Wildman–Crippen LogP) is 14.5. The van der Waals surface area contributed by atoms with E-state index in [0.717, 1.165) is 71.5 Å². The zero-order valence-electron chi connectivity index (χ0n) is 32.2. The Morgan fingerprint density at radius 1 is 0.350 bits per heavy atom. The lowest BCUT2D eigenvalue weighted by atomic mass is 9.99. The lowest BCUT2D eigenvalue weighted by Gasteiger charge is -2.16. The summed E-state index contributed by atoms with van der Waals surface area (Å²) in [5.41, 5.74) is 7.48. The number of fused-ring (bicyclic) bond motifs is 11. The minimum Gasteiger partial charge on any atom is -0.456 e. The highest BCUT2D eigenvalue weighted by atomic mass is 16.3. The summed E-state index contributed by atoms with van der Waals surface area (Å²) >= 11 is 0. The van der Waals surface area contributed by atoms with E-state index in [1.807, 2.05) is 12.1 Å². The van der Waals surface area contributed by atoms with Crippen LogP contribution in [0.3, 0.4) is 0 Å². The number of hydrogen-bond donors (Lipinski definition) is 0. The molecule has 0 amide bonds. The van der Waals surface area contributed by atoms with E-state index in [1.165, 1.54) is 37.7 Å². The quantitative estimate of drug-likeness (QED) is 0.167. The molecule has 0 atom stereocenters. The van der Waals surface area contributed by atoms with Gasteiger partial charge in [0.1, 0.15) is 11.2 Å². The van der Waals surface area contributed by atoms with Crippen molar-refractivity contribution in [1.82, 2.24) is 19.5 Å². The molecule has 278 valence electrons. The monoisotopic (exact) mass is 764 g/mol. The molecule has 5 nitrogen and oxygen atoms in total. The highest BCUT2D eigenvalue weighted by molar-refractivity contribution is 6.17. The average molecular weight is 765 g/mol. The van der Waals surface area contributed by atoms with Gasteiger partial charge in [-0.1, -0.05) is 152 Å². The Morgan fingerprint density at radius 2 is 0.983 bits per heavy atom. The predicted molar refractivity (Wildman–Crippen MR) is 248 cm³/mol. The minimum absolute atomic E-state index is 0.570. The molecule has 0 unspecified atom stereocenters. The molecular formula is C55H32N4O. The van der Waals surface area contributed by atoms with E-state index in [4.69, 9.17) is 19.4 Å². The number of aromatic nitrogens is 4. The third-order valence-corrected chi connectivity index (χ3v) is 12.2. The van der Waals surface area contributed by atoms with Crippen LogP contribution in [0, 0.1) is 0 Å². The van der Waals surface area contributed by atoms with E-state index in [1.54, 1.807) is 0 Å². The fourth-order valence-electron chi connectivity index (χ4n) is 9.44. The van der Waals surface area contributed by atoms with Crippen molar-refractivity contribution < 1.29 is 4.42 Å². The average Bonchev–Trinajstić information content (AvgIpc) is 3.85. The van der Waals surface area contributed by atoms with Crippen LogP contribution in [0.2, 0.25) is 0 Å². The Labute approximate surface area is 343 Å². The van der Waals surface area contributed by atoms with E-state index in [9.17, 15) is 0 Å². The van der Waals surface area contributed by atoms with Gasteiger partial charge in [0.25, 0.3) is 0 Å². The standard InChI is InChI=1S/C55H32N4O/c1-2-15-36-32-48-45(31-35(36)14-1)42-19-7-9-22-46(42)59(48)47-28-29-50-51(44-20-8-10-23-49(44)60-50)52(47)55-57-53(56-54(58-55)43-21-11-16-33-12-3-6-18-40(33)43)38-26-27-41-37(30-38)25-24-34-13-4-5-17-39(34)41/h1-32H. The largest absolute Gasteiger partial charge is 0.456 e. The van der Waals surface area contributed by atoms with E-state index < -0.39 is 0 Å². The van der Waals surface area contributed by atoms with Gasteiger partial charge in [-0.3, -0.25) is 0 Å². The number of rotatable bonds is 4. The highest BCUT2D eigenvalue weighted by Gasteiger charge is 2.25. The van der Waals surface area contributed by atoms with Gasteiger partial charge in [0, 0.05) is 32.7 Å². The normalized spacial score (nSPS) is 12.0. The number of nitrogens with zero attached hydrogens (tertiary/aromatic N) is 4. The van der Waals surface area contributed by atoms with E-state index >= 15 is 0 Å². The van der Waals surface area contributed by atoms with Gasteiger partial charge < -0.3 is 8.98 Å². The van der Waals surface area contributed by atoms with E-state index in [-0.39, 0.29) is 0 Å². The van der Waals surface area contributed by atoms with Gasteiger partial charge in [-0.25, -0.2) is 15.0 Å². The zero-order chi connectivity index (χ0) is 39.3. The molecule has 0 saturated heterocycles. The van der Waals surface area contributed by atoms with Crippen LogP contribution in [0.4, 0.5) is 0 Å². The van der Waals surface area contributed by atoms with Crippen LogP contribution in [0.25, 0.3) is 127 Å². The Kier molecular flexibility index (Phi) is 6.95. The van der Waals surface area contributed by atoms with Crippen LogP contribution in [0.15, 0.2) is 199 Å². The third kappa shape index (κ3) is 4.90. The topological polar surface area (TPSA) is 56.7 Å². The summed E-state index contributed by atoms with van der Waals surface area (Å²) in [5, 5.41) is 13.7. The first-order valence-electron chi connectivity index (χ1n) is 20.3. The molecule has 0 bridgehead atoms. The summed E-state index contributed by atoms with van der Waals surface area (Å²) in [6.07, 6.45) is 0. The second kappa shape index (κ2) is 12.7. The lowest BCUT2D eigenvalue weighted by Crippen LogP contribution is -2.04. The van der Waals surface area contributed by atoms with Crippen molar-refractivity contribution in [3.8, 4) is 39.9 Å². The Morgan fingerprint density at radius 3 is 1.85 bits per heavy atom. The summed E-state index contributed by atoms with van der Waals surface area (Å²) in [4.78, 5) is 16.3. The fraction of sp³-hybridized carbons (Fsp3) is 0. The molecule has 0 aliphatic carbocycles. The maximum atomic E-state index is 6.61. The van der Waals surface area contributed by atoms with Gasteiger partial charge >= 0.3 is 0 Å². The first-order valence-corrected chi connectivity index (χ1v) is 20.3. The van der Waals surface area contributed by atoms with Crippen molar-refractivity contribution in [3.05, 3.63) is 194 Å². The van der Waals surface area contributed by atoms with Crippen molar-refractivity contribution in [3.63, 3.8) is 0 Å². The molecule has 0 aliphatic heterocycles. The molecule has 0 N–H and O–H groups in total. The summed E-state index contributed by atoms with van der Waals surface area (Å²) in [5.74, 6) is 1.77. The number of furan rings is 1. The molecular weight excluding hydrogens is 733 g/mol. The second-order valence-corrected chi connectivity index (χ2v) is 15.6. The molecule has 3 aromatic heterocycles. The third-order valence-electron chi connectivity index (χ3n) is 12.2. The van der Waals surface area contributed by atoms with Crippen LogP contribution < -0.4 is 0 Å². The molecule has 60 heavy (non-hydrogen) atoms. The van der Waals surface area contributed by atoms with Gasteiger partial charge in [-0.05, 0) is 85.6 Å². The molecule has 0 saturated carbocycles. The van der Waals surface area contributed by atoms with Crippen LogP contribution >= 0.6 is 0 Å². The van der Waals surface area contributed by atoms with Gasteiger partial charge in [0.05, 0.1) is 22.3 Å². The molecule has 0 aliphatic rings. The van der Waals surface area contributed by atoms with Gasteiger partial charge in [-0.2, -0.15) is 0 Å². The number of para-hydroxylation sites is 2. The first kappa shape index (κ1) is 32.9. The molecule has 5 heteroatoms. The molecule has 10 aromatic carbocycles. The zero-order valence-corrected chi connectivity index (χ0v) is 32.2. The summed E-state index contributed by atoms with van der Waals surface area (Å²) in [7, 11) is 0. The Balaban J connectivity index is 1.16. The molecule has 3 heterocycles. The van der Waals surface area contributed by atoms with Crippen LogP contribution in [0.1, 0.15) is 0 Å². The van der Waals surface area contributed by atoms with E-state index in [0.29, 0.717) is 17.5 Å². The molecule has 0 fully saturated rings. The lowest BCUT2D eigenvalue weighted by molar-refractivity contribution is 0.669. The van der Waals surface area contributed by atoms with E-state index in [2.05, 4.69) is 187 Å². The van der Waals surface area contributed by atoms with Crippen molar-refractivity contribution in [2.24, 2.45) is 0 Å². The maximum absolute atomic E-state index is 6.61. The number of benzene rings is 10. The van der Waals surface area contributed by atoms with Crippen LogP contribution in [-0.4, -0.2) is 19.5 Å². The summed E-state index contributed by atoms with van der Waals surface area (Å²) in [6, 6.07) is 68.6. The van der Waals surface area contributed by atoms with Crippen molar-refractivity contribution in [2.45, 2.75) is 0 Å². The Bertz CT molecular complexity index is 3910. The molecule has 0 spiro atoms. The van der Waals surface area contributed by atoms with Crippen LogP contribution in [0.5, 0.6) is 0 Å². The van der Waals surface area contributed by atoms with Gasteiger partial charge in [-0.15, -0.1) is 0 Å². The van der Waals surface area contributed by atoms with Crippen LogP contribution in [-0.2, 0) is 0 Å². The fourth-order valence-corrected chi connectivity index (χ4v) is 9.44. The summed E-state index contributed by atoms with van der Waals surface area (Å²) in [6.45, 7) is 0. The smallest absolute Gasteiger partial charge is 0.166 e. The van der Waals surface area contributed by atoms with Crippen molar-refractivity contribution in [2.75, 3.05) is 0 Å². The Hall–Kier alpha value is -8.15. The maximum Gasteiger partial charge on any atom is 0.166 e. The molecule has 13 aromatic rings. The molecule has 13 rings (SSSR count). The van der Waals surface area contributed by atoms with Gasteiger partial charge in [0.15, 0.2) is 17.5 Å². The SMILES string of the molecule is c1ccc2cc3c(cc2c1)c1ccccc1n3-c1ccc2oc3ccccc3c2c1-c1nc(-c2ccc3c(ccc4ccccc43)c2)nc(-c2cccc3ccccc23)n1. The first-order chi connectivity index (χ1) is 29.7. The number of hydrogen-bond acceptors (Lipinski definition) is 4. The molecule has 0 radical (unpaired) electrons. The van der Waals surface area contributed by atoms with Crippen molar-refractivity contribution >= 4 is 86.8 Å². The second-order valence-electron chi connectivity index (χ2n) is 15.6. The summed E-state index contributed by atoms with van der Waals surface area (Å²) < 4.78 is 8.99. The highest BCUT2D eigenvalue weighted by Crippen LogP contribution is 2.44. The van der Waals surface area contributed by atoms with Crippen molar-refractivity contribution in [1.29, 1.82) is 0 Å². The minimum atomic E-state index is 0.570.